The zero-order valence-corrected chi connectivity index (χ0v) is 11.3. The Kier molecular flexibility index (Phi) is 4.69. The number of carboxylic acids is 1. The number of nitrogens with zero attached hydrogens (tertiary/aromatic N) is 1. The van der Waals surface area contributed by atoms with Gasteiger partial charge in [-0.25, -0.2) is 4.79 Å². The number of carbonyl (C=O) groups is 2. The molecule has 17 heavy (non-hydrogen) atoms. The lowest BCUT2D eigenvalue weighted by Crippen LogP contribution is -2.42. The van der Waals surface area contributed by atoms with Crippen LogP contribution in [0, 0.1) is 0 Å². The molecule has 1 unspecified atom stereocenters. The van der Waals surface area contributed by atoms with Crippen LogP contribution in [0.5, 0.6) is 0 Å². The molecule has 0 aliphatic heterocycles. The molecule has 0 spiro atoms. The molecule has 1 rings (SSSR count). The highest BCUT2D eigenvalue weighted by atomic mass is 79.9. The van der Waals surface area contributed by atoms with Crippen LogP contribution in [-0.4, -0.2) is 35.0 Å². The number of carboxylic acid groups (broad SMARTS) is 1. The molecule has 92 valence electrons. The van der Waals surface area contributed by atoms with E-state index in [1.165, 1.54) is 18.9 Å². The summed E-state index contributed by atoms with van der Waals surface area (Å²) in [6.45, 7) is 1.36. The number of amides is 1. The Labute approximate surface area is 108 Å². The van der Waals surface area contributed by atoms with Crippen molar-refractivity contribution in [2.75, 3.05) is 7.05 Å². The number of hydrogen-bond donors (Lipinski definition) is 1. The van der Waals surface area contributed by atoms with Gasteiger partial charge in [-0.3, -0.25) is 4.79 Å². The van der Waals surface area contributed by atoms with E-state index in [1.54, 1.807) is 0 Å². The third kappa shape index (κ3) is 3.85. The maximum Gasteiger partial charge on any atom is 0.326 e. The summed E-state index contributed by atoms with van der Waals surface area (Å²) in [5.74, 6) is -1.25. The molecule has 1 aromatic rings. The largest absolute Gasteiger partial charge is 0.480 e. The predicted octanol–water partition coefficient (Wildman–Crippen LogP) is 1.92. The summed E-state index contributed by atoms with van der Waals surface area (Å²) >= 11 is 3.31. The molecule has 1 N–H and O–H groups in total. The van der Waals surface area contributed by atoms with E-state index in [9.17, 15) is 9.59 Å². The van der Waals surface area contributed by atoms with Gasteiger partial charge in [0.2, 0.25) is 5.91 Å². The fraction of sp³-hybridized carbons (Fsp3) is 0.333. The third-order valence-electron chi connectivity index (χ3n) is 2.59. The Balaban J connectivity index is 2.84. The molecular formula is C12H14BrNO3. The first-order chi connectivity index (χ1) is 7.91. The molecule has 0 saturated heterocycles. The third-order valence-corrected chi connectivity index (χ3v) is 3.12. The van der Waals surface area contributed by atoms with Crippen LogP contribution in [-0.2, 0) is 16.0 Å². The van der Waals surface area contributed by atoms with Crippen molar-refractivity contribution in [1.82, 2.24) is 4.90 Å². The summed E-state index contributed by atoms with van der Waals surface area (Å²) in [6.07, 6.45) is 0.304. The van der Waals surface area contributed by atoms with Crippen molar-refractivity contribution >= 4 is 27.8 Å². The first kappa shape index (κ1) is 13.7. The SMILES string of the molecule is CC(=O)N(C)C(Cc1ccc(Br)cc1)C(=O)O. The van der Waals surface area contributed by atoms with Gasteiger partial charge in [-0.1, -0.05) is 28.1 Å². The molecule has 1 amide bonds. The average Bonchev–Trinajstić information content (AvgIpc) is 2.26. The van der Waals surface area contributed by atoms with Crippen LogP contribution in [0.25, 0.3) is 0 Å². The predicted molar refractivity (Wildman–Crippen MR) is 67.7 cm³/mol. The average molecular weight is 300 g/mol. The van der Waals surface area contributed by atoms with Crippen molar-refractivity contribution in [1.29, 1.82) is 0 Å². The van der Waals surface area contributed by atoms with Crippen LogP contribution in [0.1, 0.15) is 12.5 Å². The highest BCUT2D eigenvalue weighted by Gasteiger charge is 2.24. The molecule has 0 fully saturated rings. The van der Waals surface area contributed by atoms with E-state index >= 15 is 0 Å². The number of hydrogen-bond acceptors (Lipinski definition) is 2. The molecular weight excluding hydrogens is 286 g/mol. The Bertz CT molecular complexity index is 416. The smallest absolute Gasteiger partial charge is 0.326 e. The maximum absolute atomic E-state index is 11.2. The molecule has 4 nitrogen and oxygen atoms in total. The monoisotopic (exact) mass is 299 g/mol. The summed E-state index contributed by atoms with van der Waals surface area (Å²) in [6, 6.07) is 6.56. The molecule has 1 atom stereocenters. The van der Waals surface area contributed by atoms with Gasteiger partial charge >= 0.3 is 5.97 Å². The van der Waals surface area contributed by atoms with Crippen molar-refractivity contribution in [3.8, 4) is 0 Å². The van der Waals surface area contributed by atoms with Crippen molar-refractivity contribution < 1.29 is 14.7 Å². The highest BCUT2D eigenvalue weighted by Crippen LogP contribution is 2.13. The fourth-order valence-electron chi connectivity index (χ4n) is 1.45. The lowest BCUT2D eigenvalue weighted by atomic mass is 10.1. The number of aliphatic carboxylic acids is 1. The van der Waals surface area contributed by atoms with Gasteiger partial charge in [0.25, 0.3) is 0 Å². The first-order valence-corrected chi connectivity index (χ1v) is 5.91. The second-order valence-electron chi connectivity index (χ2n) is 3.81. The summed E-state index contributed by atoms with van der Waals surface area (Å²) in [5.41, 5.74) is 0.883. The quantitative estimate of drug-likeness (QED) is 0.924. The highest BCUT2D eigenvalue weighted by molar-refractivity contribution is 9.10. The lowest BCUT2D eigenvalue weighted by Gasteiger charge is -2.23. The molecule has 0 aliphatic carbocycles. The van der Waals surface area contributed by atoms with Gasteiger partial charge in [0.1, 0.15) is 6.04 Å². The van der Waals surface area contributed by atoms with Crippen LogP contribution in [0.3, 0.4) is 0 Å². The van der Waals surface area contributed by atoms with E-state index in [0.717, 1.165) is 10.0 Å². The summed E-state index contributed by atoms with van der Waals surface area (Å²) < 4.78 is 0.938. The maximum atomic E-state index is 11.2. The molecule has 0 bridgehead atoms. The van der Waals surface area contributed by atoms with Gasteiger partial charge in [-0.2, -0.15) is 0 Å². The van der Waals surface area contributed by atoms with Gasteiger partial charge in [0.05, 0.1) is 0 Å². The molecule has 0 aliphatic rings. The summed E-state index contributed by atoms with van der Waals surface area (Å²) in [7, 11) is 1.50. The van der Waals surface area contributed by atoms with E-state index in [4.69, 9.17) is 5.11 Å². The first-order valence-electron chi connectivity index (χ1n) is 5.12. The van der Waals surface area contributed by atoms with Gasteiger partial charge in [-0.15, -0.1) is 0 Å². The minimum absolute atomic E-state index is 0.255. The summed E-state index contributed by atoms with van der Waals surface area (Å²) in [4.78, 5) is 23.5. The molecule has 0 aromatic heterocycles. The number of benzene rings is 1. The van der Waals surface area contributed by atoms with Gasteiger partial charge in [0, 0.05) is 24.9 Å². The van der Waals surface area contributed by atoms with Crippen LogP contribution in [0.2, 0.25) is 0 Å². The van der Waals surface area contributed by atoms with Gasteiger partial charge < -0.3 is 10.0 Å². The zero-order chi connectivity index (χ0) is 13.0. The Morgan fingerprint density at radius 3 is 2.29 bits per heavy atom. The van der Waals surface area contributed by atoms with Crippen molar-refractivity contribution in [3.63, 3.8) is 0 Å². The molecule has 5 heteroatoms. The minimum Gasteiger partial charge on any atom is -0.480 e. The Morgan fingerprint density at radius 2 is 1.88 bits per heavy atom. The Hall–Kier alpha value is -1.36. The zero-order valence-electron chi connectivity index (χ0n) is 9.68. The molecule has 0 radical (unpaired) electrons. The second kappa shape index (κ2) is 5.82. The van der Waals surface area contributed by atoms with E-state index in [2.05, 4.69) is 15.9 Å². The minimum atomic E-state index is -0.995. The van der Waals surface area contributed by atoms with E-state index in [0.29, 0.717) is 6.42 Å². The van der Waals surface area contributed by atoms with Gasteiger partial charge in [-0.05, 0) is 17.7 Å². The van der Waals surface area contributed by atoms with Crippen LogP contribution in [0.15, 0.2) is 28.7 Å². The van der Waals surface area contributed by atoms with E-state index in [1.807, 2.05) is 24.3 Å². The van der Waals surface area contributed by atoms with Gasteiger partial charge in [0.15, 0.2) is 0 Å². The molecule has 0 heterocycles. The van der Waals surface area contributed by atoms with Crippen molar-refractivity contribution in [2.45, 2.75) is 19.4 Å². The normalized spacial score (nSPS) is 11.9. The molecule has 0 saturated carbocycles. The number of halogens is 1. The van der Waals surface area contributed by atoms with E-state index < -0.39 is 12.0 Å². The second-order valence-corrected chi connectivity index (χ2v) is 4.73. The number of rotatable bonds is 4. The van der Waals surface area contributed by atoms with Crippen molar-refractivity contribution in [2.24, 2.45) is 0 Å². The van der Waals surface area contributed by atoms with E-state index in [-0.39, 0.29) is 5.91 Å². The summed E-state index contributed by atoms with van der Waals surface area (Å²) in [5, 5.41) is 9.11. The lowest BCUT2D eigenvalue weighted by molar-refractivity contribution is -0.148. The van der Waals surface area contributed by atoms with Crippen LogP contribution < -0.4 is 0 Å². The molecule has 1 aromatic carbocycles. The standard InChI is InChI=1S/C12H14BrNO3/c1-8(15)14(2)11(12(16)17)7-9-3-5-10(13)6-4-9/h3-6,11H,7H2,1-2H3,(H,16,17). The Morgan fingerprint density at radius 1 is 1.35 bits per heavy atom. The van der Waals surface area contributed by atoms with Crippen molar-refractivity contribution in [3.05, 3.63) is 34.3 Å². The topological polar surface area (TPSA) is 57.6 Å². The van der Waals surface area contributed by atoms with Crippen LogP contribution in [0.4, 0.5) is 0 Å². The van der Waals surface area contributed by atoms with Crippen LogP contribution >= 0.6 is 15.9 Å². The number of likely N-dealkylation sites (N-methyl/N-ethyl adjacent to an activating group) is 1. The fourth-order valence-corrected chi connectivity index (χ4v) is 1.72. The number of carbonyl (C=O) groups excluding carboxylic acids is 1.